The minimum absolute atomic E-state index is 0.102. The molecule has 0 aliphatic rings. The largest absolute Gasteiger partial charge is 0.341 e. The molecule has 4 nitrogen and oxygen atoms in total. The minimum Gasteiger partial charge on any atom is -0.341 e. The lowest BCUT2D eigenvalue weighted by atomic mass is 10.1. The second-order valence-corrected chi connectivity index (χ2v) is 7.20. The monoisotopic (exact) mass is 405 g/mol. The number of rotatable bonds is 6. The molecule has 2 heterocycles. The smallest absolute Gasteiger partial charge is 0.193 e. The van der Waals surface area contributed by atoms with Crippen LogP contribution in [0.4, 0.5) is 5.82 Å². The van der Waals surface area contributed by atoms with Crippen LogP contribution in [0.25, 0.3) is 27.8 Å². The molecule has 2 aromatic heterocycles. The van der Waals surface area contributed by atoms with Crippen molar-refractivity contribution in [3.63, 3.8) is 0 Å². The Morgan fingerprint density at radius 1 is 1.03 bits per heavy atom. The van der Waals surface area contributed by atoms with E-state index in [1.165, 1.54) is 5.56 Å². The van der Waals surface area contributed by atoms with Crippen LogP contribution >= 0.6 is 0 Å². The van der Waals surface area contributed by atoms with Gasteiger partial charge in [-0.1, -0.05) is 67.3 Å². The minimum atomic E-state index is -0.102. The van der Waals surface area contributed by atoms with E-state index in [1.807, 2.05) is 53.1 Å². The second kappa shape index (κ2) is 8.67. The van der Waals surface area contributed by atoms with Gasteiger partial charge in [0.15, 0.2) is 5.43 Å². The van der Waals surface area contributed by atoms with Crippen molar-refractivity contribution in [2.75, 3.05) is 5.32 Å². The summed E-state index contributed by atoms with van der Waals surface area (Å²) in [5, 5.41) is 3.86. The van der Waals surface area contributed by atoms with E-state index in [0.29, 0.717) is 11.2 Å². The van der Waals surface area contributed by atoms with Crippen LogP contribution in [0.5, 0.6) is 0 Å². The number of nitrogens with zero attached hydrogens (tertiary/aromatic N) is 2. The van der Waals surface area contributed by atoms with Gasteiger partial charge < -0.3 is 5.32 Å². The first-order valence-electron chi connectivity index (χ1n) is 10.0. The number of hydrogen-bond donors (Lipinski definition) is 1. The Labute approximate surface area is 181 Å². The summed E-state index contributed by atoms with van der Waals surface area (Å²) in [6, 6.07) is 21.7. The molecule has 0 saturated heterocycles. The van der Waals surface area contributed by atoms with E-state index < -0.39 is 0 Å². The van der Waals surface area contributed by atoms with Crippen molar-refractivity contribution >= 4 is 16.7 Å². The van der Waals surface area contributed by atoms with E-state index in [9.17, 15) is 4.79 Å². The maximum Gasteiger partial charge on any atom is 0.193 e. The molecule has 0 aliphatic carbocycles. The third kappa shape index (κ3) is 4.09. The lowest BCUT2D eigenvalue weighted by molar-refractivity contribution is 1.09. The van der Waals surface area contributed by atoms with Gasteiger partial charge in [-0.25, -0.2) is 0 Å². The number of anilines is 1. The van der Waals surface area contributed by atoms with Crippen molar-refractivity contribution in [1.29, 1.82) is 0 Å². The Kier molecular flexibility index (Phi) is 5.63. The highest BCUT2D eigenvalue weighted by Crippen LogP contribution is 2.27. The van der Waals surface area contributed by atoms with Gasteiger partial charge in [0.1, 0.15) is 5.82 Å². The number of benzene rings is 2. The average molecular weight is 406 g/mol. The summed E-state index contributed by atoms with van der Waals surface area (Å²) in [6.45, 7) is 9.65. The molecule has 0 bridgehead atoms. The molecule has 4 heteroatoms. The number of para-hydroxylation sites is 1. The Morgan fingerprint density at radius 3 is 2.45 bits per heavy atom. The topological polar surface area (TPSA) is 46.9 Å². The predicted molar refractivity (Wildman–Crippen MR) is 130 cm³/mol. The SMILES string of the molecule is C=C/C=C(\C=C)Nc1cc(=O)c2cnc(-c3ccc(C)cc3)cc2n1-c1ccccc1. The van der Waals surface area contributed by atoms with Gasteiger partial charge in [-0.15, -0.1) is 0 Å². The molecule has 2 aromatic carbocycles. The fourth-order valence-corrected chi connectivity index (χ4v) is 3.48. The number of nitrogens with one attached hydrogen (secondary N) is 1. The highest BCUT2D eigenvalue weighted by atomic mass is 16.1. The van der Waals surface area contributed by atoms with Crippen LogP contribution in [-0.2, 0) is 0 Å². The molecule has 0 radical (unpaired) electrons. The average Bonchev–Trinajstić information content (AvgIpc) is 2.79. The summed E-state index contributed by atoms with van der Waals surface area (Å²) < 4.78 is 2.02. The van der Waals surface area contributed by atoms with Gasteiger partial charge >= 0.3 is 0 Å². The Bertz CT molecular complexity index is 1350. The van der Waals surface area contributed by atoms with Gasteiger partial charge in [-0.05, 0) is 37.3 Å². The molecule has 0 fully saturated rings. The molecule has 0 saturated carbocycles. The van der Waals surface area contributed by atoms with E-state index in [4.69, 9.17) is 0 Å². The lowest BCUT2D eigenvalue weighted by Gasteiger charge is -2.19. The molecule has 0 atom stereocenters. The van der Waals surface area contributed by atoms with Gasteiger partial charge in [0.25, 0.3) is 0 Å². The first-order chi connectivity index (χ1) is 15.1. The molecule has 152 valence electrons. The van der Waals surface area contributed by atoms with E-state index in [1.54, 1.807) is 30.5 Å². The van der Waals surface area contributed by atoms with Crippen LogP contribution in [0.15, 0.2) is 115 Å². The predicted octanol–water partition coefficient (Wildman–Crippen LogP) is 6.03. The molecule has 4 rings (SSSR count). The van der Waals surface area contributed by atoms with Crippen LogP contribution in [0.3, 0.4) is 0 Å². The molecule has 0 unspecified atom stereocenters. The summed E-state index contributed by atoms with van der Waals surface area (Å²) in [5.41, 5.74) is 5.33. The van der Waals surface area contributed by atoms with Gasteiger partial charge in [0.2, 0.25) is 0 Å². The van der Waals surface area contributed by atoms with Crippen molar-refractivity contribution in [3.8, 4) is 16.9 Å². The first kappa shape index (κ1) is 20.1. The van der Waals surface area contributed by atoms with Gasteiger partial charge in [-0.3, -0.25) is 14.3 Å². The van der Waals surface area contributed by atoms with E-state index in [0.717, 1.165) is 28.2 Å². The lowest BCUT2D eigenvalue weighted by Crippen LogP contribution is -2.14. The number of pyridine rings is 2. The molecular formula is C27H23N3O. The number of allylic oxidation sites excluding steroid dienone is 3. The zero-order valence-corrected chi connectivity index (χ0v) is 17.4. The fraction of sp³-hybridized carbons (Fsp3) is 0.0370. The van der Waals surface area contributed by atoms with E-state index >= 15 is 0 Å². The third-order valence-electron chi connectivity index (χ3n) is 5.05. The van der Waals surface area contributed by atoms with Crippen molar-refractivity contribution in [2.45, 2.75) is 6.92 Å². The molecule has 4 aromatic rings. The third-order valence-corrected chi connectivity index (χ3v) is 5.05. The quantitative estimate of drug-likeness (QED) is 0.399. The molecule has 31 heavy (non-hydrogen) atoms. The number of fused-ring (bicyclic) bond motifs is 1. The molecule has 0 spiro atoms. The van der Waals surface area contributed by atoms with E-state index in [-0.39, 0.29) is 5.43 Å². The van der Waals surface area contributed by atoms with Crippen molar-refractivity contribution in [1.82, 2.24) is 9.55 Å². The summed E-state index contributed by atoms with van der Waals surface area (Å²) in [5.74, 6) is 0.637. The molecule has 0 aliphatic heterocycles. The highest BCUT2D eigenvalue weighted by molar-refractivity contribution is 5.86. The standard InChI is InChI=1S/C27H23N3O/c1-4-9-21(5-2)29-27-17-26(31)23-18-28-24(20-14-12-19(3)13-15-20)16-25(23)30(27)22-10-7-6-8-11-22/h4-18,29H,1-2H2,3H3/b21-9+. The number of hydrogen-bond acceptors (Lipinski definition) is 3. The molecule has 0 amide bonds. The van der Waals surface area contributed by atoms with E-state index in [2.05, 4.69) is 42.5 Å². The summed E-state index contributed by atoms with van der Waals surface area (Å²) in [7, 11) is 0. The Morgan fingerprint density at radius 2 is 1.77 bits per heavy atom. The Hall–Kier alpha value is -4.18. The molecule has 1 N–H and O–H groups in total. The molecular weight excluding hydrogens is 382 g/mol. The van der Waals surface area contributed by atoms with Crippen LogP contribution in [0, 0.1) is 6.92 Å². The van der Waals surface area contributed by atoms with Gasteiger partial charge in [0.05, 0.1) is 16.6 Å². The highest BCUT2D eigenvalue weighted by Gasteiger charge is 2.13. The normalized spacial score (nSPS) is 11.3. The second-order valence-electron chi connectivity index (χ2n) is 7.20. The fourth-order valence-electron chi connectivity index (χ4n) is 3.48. The maximum absolute atomic E-state index is 12.9. The summed E-state index contributed by atoms with van der Waals surface area (Å²) in [4.78, 5) is 17.5. The Balaban J connectivity index is 2.02. The summed E-state index contributed by atoms with van der Waals surface area (Å²) in [6.07, 6.45) is 6.83. The number of aryl methyl sites for hydroxylation is 1. The van der Waals surface area contributed by atoms with Crippen molar-refractivity contribution in [2.24, 2.45) is 0 Å². The van der Waals surface area contributed by atoms with Gasteiger partial charge in [0, 0.05) is 29.2 Å². The zero-order valence-electron chi connectivity index (χ0n) is 17.4. The maximum atomic E-state index is 12.9. The van der Waals surface area contributed by atoms with Crippen LogP contribution in [-0.4, -0.2) is 9.55 Å². The van der Waals surface area contributed by atoms with Crippen LogP contribution in [0.1, 0.15) is 5.56 Å². The number of aromatic nitrogens is 2. The van der Waals surface area contributed by atoms with Crippen molar-refractivity contribution < 1.29 is 0 Å². The first-order valence-corrected chi connectivity index (χ1v) is 10.0. The zero-order chi connectivity index (χ0) is 21.8. The van der Waals surface area contributed by atoms with Crippen LogP contribution in [0.2, 0.25) is 0 Å². The van der Waals surface area contributed by atoms with Crippen LogP contribution < -0.4 is 10.7 Å². The van der Waals surface area contributed by atoms with Gasteiger partial charge in [-0.2, -0.15) is 0 Å². The summed E-state index contributed by atoms with van der Waals surface area (Å²) >= 11 is 0. The van der Waals surface area contributed by atoms with Crippen molar-refractivity contribution in [3.05, 3.63) is 126 Å².